The van der Waals surface area contributed by atoms with Gasteiger partial charge in [-0.1, -0.05) is 54.6 Å². The van der Waals surface area contributed by atoms with Crippen LogP contribution in [0.3, 0.4) is 0 Å². The number of amides is 2. The molecule has 0 aliphatic carbocycles. The summed E-state index contributed by atoms with van der Waals surface area (Å²) >= 11 is 0. The van der Waals surface area contributed by atoms with Crippen LogP contribution in [0, 0.1) is 0 Å². The summed E-state index contributed by atoms with van der Waals surface area (Å²) in [5.74, 6) is 1.35. The number of benzene rings is 3. The van der Waals surface area contributed by atoms with E-state index in [4.69, 9.17) is 9.47 Å². The van der Waals surface area contributed by atoms with Gasteiger partial charge in [-0.05, 0) is 42.7 Å². The van der Waals surface area contributed by atoms with Gasteiger partial charge in [0.05, 0.1) is 13.5 Å². The lowest BCUT2D eigenvalue weighted by Gasteiger charge is -2.32. The Hall–Kier alpha value is -3.80. The van der Waals surface area contributed by atoms with Crippen LogP contribution in [0.25, 0.3) is 0 Å². The van der Waals surface area contributed by atoms with E-state index in [9.17, 15) is 9.59 Å². The number of piperidine rings is 1. The van der Waals surface area contributed by atoms with E-state index in [0.29, 0.717) is 37.4 Å². The zero-order valence-corrected chi connectivity index (χ0v) is 19.4. The van der Waals surface area contributed by atoms with Crippen molar-refractivity contribution in [3.63, 3.8) is 0 Å². The van der Waals surface area contributed by atoms with Crippen LogP contribution in [0.5, 0.6) is 11.5 Å². The second-order valence-corrected chi connectivity index (χ2v) is 8.42. The summed E-state index contributed by atoms with van der Waals surface area (Å²) in [6.45, 7) is 1.70. The quantitative estimate of drug-likeness (QED) is 0.548. The van der Waals surface area contributed by atoms with E-state index in [1.807, 2.05) is 71.6 Å². The number of carbonyl (C=O) groups excluding carboxylic acids is 2. The lowest BCUT2D eigenvalue weighted by molar-refractivity contribution is -0.131. The Labute approximate surface area is 200 Å². The molecule has 1 N–H and O–H groups in total. The van der Waals surface area contributed by atoms with Crippen LogP contribution in [0.4, 0.5) is 0 Å². The molecule has 0 atom stereocenters. The van der Waals surface area contributed by atoms with Gasteiger partial charge in [0, 0.05) is 30.3 Å². The van der Waals surface area contributed by atoms with Gasteiger partial charge in [-0.15, -0.1) is 0 Å². The van der Waals surface area contributed by atoms with E-state index in [1.165, 1.54) is 0 Å². The van der Waals surface area contributed by atoms with Gasteiger partial charge in [0.15, 0.2) is 0 Å². The molecule has 2 amide bonds. The van der Waals surface area contributed by atoms with Crippen LogP contribution < -0.4 is 14.8 Å². The SMILES string of the molecule is COc1ccccc1CC(=O)N1CCC(NC(=O)c2cccc(OCc3ccccc3)c2)CC1. The maximum Gasteiger partial charge on any atom is 0.251 e. The second-order valence-electron chi connectivity index (χ2n) is 8.42. The van der Waals surface area contributed by atoms with Gasteiger partial charge in [-0.3, -0.25) is 9.59 Å². The van der Waals surface area contributed by atoms with Crippen LogP contribution in [0.15, 0.2) is 78.9 Å². The zero-order chi connectivity index (χ0) is 23.8. The summed E-state index contributed by atoms with van der Waals surface area (Å²) in [7, 11) is 1.61. The number of rotatable bonds is 8. The molecule has 1 heterocycles. The molecule has 4 rings (SSSR count). The van der Waals surface area contributed by atoms with Crippen molar-refractivity contribution in [2.75, 3.05) is 20.2 Å². The zero-order valence-electron chi connectivity index (χ0n) is 19.4. The average molecular weight is 459 g/mol. The summed E-state index contributed by atoms with van der Waals surface area (Å²) in [6, 6.07) is 24.8. The molecule has 1 aliphatic heterocycles. The number of nitrogens with one attached hydrogen (secondary N) is 1. The third kappa shape index (κ3) is 6.16. The molecule has 1 fully saturated rings. The van der Waals surface area contributed by atoms with Gasteiger partial charge in [0.2, 0.25) is 5.91 Å². The van der Waals surface area contributed by atoms with Crippen molar-refractivity contribution in [3.05, 3.63) is 95.6 Å². The average Bonchev–Trinajstić information content (AvgIpc) is 2.89. The van der Waals surface area contributed by atoms with Crippen molar-refractivity contribution in [1.82, 2.24) is 10.2 Å². The van der Waals surface area contributed by atoms with Crippen LogP contribution in [-0.4, -0.2) is 43.0 Å². The van der Waals surface area contributed by atoms with Crippen LogP contribution in [-0.2, 0) is 17.8 Å². The molecule has 0 bridgehead atoms. The lowest BCUT2D eigenvalue weighted by Crippen LogP contribution is -2.47. The van der Waals surface area contributed by atoms with E-state index in [1.54, 1.807) is 19.2 Å². The van der Waals surface area contributed by atoms with Gasteiger partial charge < -0.3 is 19.7 Å². The van der Waals surface area contributed by atoms with Gasteiger partial charge >= 0.3 is 0 Å². The number of nitrogens with zero attached hydrogens (tertiary/aromatic N) is 1. The highest BCUT2D eigenvalue weighted by molar-refractivity contribution is 5.94. The fraction of sp³-hybridized carbons (Fsp3) is 0.286. The van der Waals surface area contributed by atoms with Crippen molar-refractivity contribution < 1.29 is 19.1 Å². The Morgan fingerprint density at radius 1 is 0.941 bits per heavy atom. The largest absolute Gasteiger partial charge is 0.496 e. The van der Waals surface area contributed by atoms with Gasteiger partial charge in [-0.25, -0.2) is 0 Å². The third-order valence-corrected chi connectivity index (χ3v) is 6.06. The second kappa shape index (κ2) is 11.4. The fourth-order valence-electron chi connectivity index (χ4n) is 4.13. The molecule has 1 saturated heterocycles. The number of hydrogen-bond donors (Lipinski definition) is 1. The maximum absolute atomic E-state index is 12.8. The Morgan fingerprint density at radius 3 is 2.44 bits per heavy atom. The van der Waals surface area contributed by atoms with Gasteiger partial charge in [0.25, 0.3) is 5.91 Å². The molecular weight excluding hydrogens is 428 g/mol. The molecule has 0 unspecified atom stereocenters. The first-order chi connectivity index (χ1) is 16.6. The monoisotopic (exact) mass is 458 g/mol. The first-order valence-corrected chi connectivity index (χ1v) is 11.6. The fourth-order valence-corrected chi connectivity index (χ4v) is 4.13. The predicted molar refractivity (Wildman–Crippen MR) is 131 cm³/mol. The Balaban J connectivity index is 1.26. The first-order valence-electron chi connectivity index (χ1n) is 11.6. The molecule has 3 aromatic rings. The standard InChI is InChI=1S/C28H30N2O4/c1-33-26-13-6-5-10-22(26)19-27(31)30-16-14-24(15-17-30)29-28(32)23-11-7-12-25(18-23)34-20-21-8-3-2-4-9-21/h2-13,18,24H,14-17,19-20H2,1H3,(H,29,32). The molecule has 34 heavy (non-hydrogen) atoms. The molecule has 1 aliphatic rings. The van der Waals surface area contributed by atoms with Crippen LogP contribution in [0.1, 0.15) is 34.3 Å². The summed E-state index contributed by atoms with van der Waals surface area (Å²) in [6.07, 6.45) is 1.78. The number of para-hydroxylation sites is 1. The minimum atomic E-state index is -0.121. The van der Waals surface area contributed by atoms with E-state index in [2.05, 4.69) is 5.32 Å². The Kier molecular flexibility index (Phi) is 7.81. The molecule has 6 nitrogen and oxygen atoms in total. The summed E-state index contributed by atoms with van der Waals surface area (Å²) in [5, 5.41) is 3.11. The number of likely N-dealkylation sites (tertiary alicyclic amines) is 1. The van der Waals surface area contributed by atoms with Gasteiger partial charge in [-0.2, -0.15) is 0 Å². The highest BCUT2D eigenvalue weighted by atomic mass is 16.5. The van der Waals surface area contributed by atoms with Crippen molar-refractivity contribution in [1.29, 1.82) is 0 Å². The molecule has 176 valence electrons. The maximum atomic E-state index is 12.8. The predicted octanol–water partition coefficient (Wildman–Crippen LogP) is 4.24. The van der Waals surface area contributed by atoms with Crippen LogP contribution >= 0.6 is 0 Å². The molecule has 0 aromatic heterocycles. The lowest BCUT2D eigenvalue weighted by atomic mass is 10.0. The Morgan fingerprint density at radius 2 is 1.68 bits per heavy atom. The normalized spacial score (nSPS) is 13.9. The molecule has 0 saturated carbocycles. The Bertz CT molecular complexity index is 1110. The van der Waals surface area contributed by atoms with Crippen molar-refractivity contribution in [2.24, 2.45) is 0 Å². The molecule has 0 spiro atoms. The van der Waals surface area contributed by atoms with Gasteiger partial charge in [0.1, 0.15) is 18.1 Å². The van der Waals surface area contributed by atoms with E-state index >= 15 is 0 Å². The molecule has 3 aromatic carbocycles. The summed E-state index contributed by atoms with van der Waals surface area (Å²) in [5.41, 5.74) is 2.53. The number of hydrogen-bond acceptors (Lipinski definition) is 4. The number of ether oxygens (including phenoxy) is 2. The highest BCUT2D eigenvalue weighted by Crippen LogP contribution is 2.20. The van der Waals surface area contributed by atoms with Crippen molar-refractivity contribution in [2.45, 2.75) is 31.9 Å². The van der Waals surface area contributed by atoms with E-state index < -0.39 is 0 Å². The van der Waals surface area contributed by atoms with Crippen LogP contribution in [0.2, 0.25) is 0 Å². The number of methoxy groups -OCH3 is 1. The van der Waals surface area contributed by atoms with E-state index in [0.717, 1.165) is 29.7 Å². The minimum Gasteiger partial charge on any atom is -0.496 e. The summed E-state index contributed by atoms with van der Waals surface area (Å²) in [4.78, 5) is 27.4. The highest BCUT2D eigenvalue weighted by Gasteiger charge is 2.25. The molecule has 6 heteroatoms. The van der Waals surface area contributed by atoms with Crippen molar-refractivity contribution >= 4 is 11.8 Å². The molecular formula is C28H30N2O4. The van der Waals surface area contributed by atoms with Crippen molar-refractivity contribution in [3.8, 4) is 11.5 Å². The first kappa shape index (κ1) is 23.4. The smallest absolute Gasteiger partial charge is 0.251 e. The van der Waals surface area contributed by atoms with E-state index in [-0.39, 0.29) is 17.9 Å². The topological polar surface area (TPSA) is 67.9 Å². The molecule has 0 radical (unpaired) electrons. The third-order valence-electron chi connectivity index (χ3n) is 6.06. The minimum absolute atomic E-state index is 0.0386. The summed E-state index contributed by atoms with van der Waals surface area (Å²) < 4.78 is 11.2. The number of carbonyl (C=O) groups is 2.